The molecule has 0 bridgehead atoms. The fourth-order valence-corrected chi connectivity index (χ4v) is 2.90. The number of halogens is 1. The van der Waals surface area contributed by atoms with Crippen LogP contribution in [0.4, 0.5) is 5.69 Å². The topological polar surface area (TPSA) is 85.9 Å². The lowest BCUT2D eigenvalue weighted by atomic mass is 10.2. The Kier molecular flexibility index (Phi) is 8.37. The zero-order chi connectivity index (χ0) is 20.5. The van der Waals surface area contributed by atoms with Crippen LogP contribution in [0.5, 0.6) is 5.75 Å². The number of methoxy groups -OCH3 is 2. The van der Waals surface area contributed by atoms with Crippen molar-refractivity contribution in [1.29, 1.82) is 0 Å². The molecule has 0 atom stereocenters. The molecule has 2 aromatic carbocycles. The summed E-state index contributed by atoms with van der Waals surface area (Å²) in [5.74, 6) is -0.316. The molecule has 0 aliphatic rings. The highest BCUT2D eigenvalue weighted by atomic mass is 79.9. The van der Waals surface area contributed by atoms with Crippen molar-refractivity contribution in [3.05, 3.63) is 58.1 Å². The van der Waals surface area contributed by atoms with Gasteiger partial charge in [-0.15, -0.1) is 0 Å². The first-order valence-electron chi connectivity index (χ1n) is 8.17. The Labute approximate surface area is 176 Å². The van der Waals surface area contributed by atoms with E-state index in [1.54, 1.807) is 49.6 Å². The minimum Gasteiger partial charge on any atom is -0.490 e. The molecule has 2 N–H and O–H groups in total. The molecule has 1 amide bonds. The zero-order valence-corrected chi connectivity index (χ0v) is 17.7. The van der Waals surface area contributed by atoms with Crippen molar-refractivity contribution in [2.24, 2.45) is 0 Å². The van der Waals surface area contributed by atoms with Gasteiger partial charge in [0, 0.05) is 12.7 Å². The molecule has 0 saturated carbocycles. The van der Waals surface area contributed by atoms with Crippen LogP contribution in [-0.2, 0) is 9.47 Å². The number of nitrogens with one attached hydrogen (secondary N) is 2. The summed E-state index contributed by atoms with van der Waals surface area (Å²) in [6.07, 6.45) is 0. The summed E-state index contributed by atoms with van der Waals surface area (Å²) in [5.41, 5.74) is 1.13. The number of esters is 1. The SMILES string of the molecule is COCCOc1ccc(C(=O)NC(=S)Nc2ccccc2C(=O)OC)cc1Br. The van der Waals surface area contributed by atoms with E-state index in [-0.39, 0.29) is 5.11 Å². The lowest BCUT2D eigenvalue weighted by molar-refractivity contribution is 0.0602. The van der Waals surface area contributed by atoms with Crippen LogP contribution in [0.2, 0.25) is 0 Å². The average Bonchev–Trinajstić information content (AvgIpc) is 2.69. The number of thiocarbonyl (C=S) groups is 1. The largest absolute Gasteiger partial charge is 0.490 e. The van der Waals surface area contributed by atoms with Crippen LogP contribution in [0.1, 0.15) is 20.7 Å². The Morgan fingerprint density at radius 1 is 1.11 bits per heavy atom. The lowest BCUT2D eigenvalue weighted by Crippen LogP contribution is -2.34. The fraction of sp³-hybridized carbons (Fsp3) is 0.211. The van der Waals surface area contributed by atoms with Crippen LogP contribution in [0, 0.1) is 0 Å². The van der Waals surface area contributed by atoms with E-state index in [2.05, 4.69) is 26.6 Å². The van der Waals surface area contributed by atoms with E-state index in [9.17, 15) is 9.59 Å². The predicted octanol–water partition coefficient (Wildman–Crippen LogP) is 3.39. The third-order valence-corrected chi connectivity index (χ3v) is 4.37. The van der Waals surface area contributed by atoms with Gasteiger partial charge in [0.25, 0.3) is 5.91 Å². The second kappa shape index (κ2) is 10.7. The van der Waals surface area contributed by atoms with Crippen molar-refractivity contribution in [3.63, 3.8) is 0 Å². The Hall–Kier alpha value is -2.49. The number of benzene rings is 2. The van der Waals surface area contributed by atoms with Gasteiger partial charge < -0.3 is 19.5 Å². The van der Waals surface area contributed by atoms with Gasteiger partial charge in [0.05, 0.1) is 29.4 Å². The third-order valence-electron chi connectivity index (χ3n) is 3.55. The van der Waals surface area contributed by atoms with E-state index in [1.807, 2.05) is 0 Å². The molecule has 7 nitrogen and oxygen atoms in total. The molecule has 0 fully saturated rings. The number of amides is 1. The highest BCUT2D eigenvalue weighted by molar-refractivity contribution is 9.10. The molecule has 0 aromatic heterocycles. The van der Waals surface area contributed by atoms with Gasteiger partial charge in [-0.1, -0.05) is 12.1 Å². The molecule has 2 aromatic rings. The summed E-state index contributed by atoms with van der Waals surface area (Å²) < 4.78 is 15.8. The molecule has 0 saturated heterocycles. The number of carbonyl (C=O) groups excluding carboxylic acids is 2. The number of rotatable bonds is 7. The quantitative estimate of drug-likeness (QED) is 0.367. The van der Waals surface area contributed by atoms with E-state index < -0.39 is 11.9 Å². The van der Waals surface area contributed by atoms with Gasteiger partial charge in [-0.25, -0.2) is 4.79 Å². The maximum absolute atomic E-state index is 12.4. The van der Waals surface area contributed by atoms with E-state index in [0.717, 1.165) is 0 Å². The summed E-state index contributed by atoms with van der Waals surface area (Å²) in [5, 5.41) is 5.46. The summed E-state index contributed by atoms with van der Waals surface area (Å²) in [7, 11) is 2.88. The molecule has 2 rings (SSSR count). The Balaban J connectivity index is 2.02. The van der Waals surface area contributed by atoms with Crippen molar-refractivity contribution in [1.82, 2.24) is 5.32 Å². The van der Waals surface area contributed by atoms with Crippen LogP contribution < -0.4 is 15.4 Å². The van der Waals surface area contributed by atoms with Crippen LogP contribution in [0.15, 0.2) is 46.9 Å². The number of carbonyl (C=O) groups is 2. The molecule has 148 valence electrons. The smallest absolute Gasteiger partial charge is 0.339 e. The number of ether oxygens (including phenoxy) is 3. The first-order valence-corrected chi connectivity index (χ1v) is 9.37. The van der Waals surface area contributed by atoms with Gasteiger partial charge in [-0.05, 0) is 58.5 Å². The summed E-state index contributed by atoms with van der Waals surface area (Å²) in [6, 6.07) is 11.6. The molecule has 9 heteroatoms. The number of hydrogen-bond donors (Lipinski definition) is 2. The van der Waals surface area contributed by atoms with Gasteiger partial charge >= 0.3 is 5.97 Å². The van der Waals surface area contributed by atoms with E-state index in [4.69, 9.17) is 26.4 Å². The zero-order valence-electron chi connectivity index (χ0n) is 15.3. The molecule has 0 unspecified atom stereocenters. The van der Waals surface area contributed by atoms with Crippen molar-refractivity contribution >= 4 is 50.8 Å². The molecule has 0 aliphatic heterocycles. The van der Waals surface area contributed by atoms with Crippen molar-refractivity contribution in [3.8, 4) is 5.75 Å². The van der Waals surface area contributed by atoms with Crippen molar-refractivity contribution in [2.45, 2.75) is 0 Å². The van der Waals surface area contributed by atoms with Crippen molar-refractivity contribution in [2.75, 3.05) is 32.8 Å². The second-order valence-corrected chi connectivity index (χ2v) is 6.69. The van der Waals surface area contributed by atoms with Gasteiger partial charge in [0.1, 0.15) is 12.4 Å². The van der Waals surface area contributed by atoms with E-state index in [0.29, 0.717) is 40.3 Å². The van der Waals surface area contributed by atoms with Gasteiger partial charge in [-0.3, -0.25) is 10.1 Å². The van der Waals surface area contributed by atoms with Crippen LogP contribution in [-0.4, -0.2) is 44.4 Å². The first kappa shape index (κ1) is 21.8. The standard InChI is InChI=1S/C19H19BrN2O5S/c1-25-9-10-27-16-8-7-12(11-14(16)20)17(23)22-19(28)21-15-6-4-3-5-13(15)18(24)26-2/h3-8,11H,9-10H2,1-2H3,(H2,21,22,23,28). The number of hydrogen-bond acceptors (Lipinski definition) is 6. The van der Waals surface area contributed by atoms with Crippen molar-refractivity contribution < 1.29 is 23.8 Å². The normalized spacial score (nSPS) is 10.1. The van der Waals surface area contributed by atoms with Gasteiger partial charge in [-0.2, -0.15) is 0 Å². The first-order chi connectivity index (χ1) is 13.5. The van der Waals surface area contributed by atoms with E-state index in [1.165, 1.54) is 7.11 Å². The third kappa shape index (κ3) is 6.01. The molecule has 28 heavy (non-hydrogen) atoms. The molecular weight excluding hydrogens is 448 g/mol. The predicted molar refractivity (Wildman–Crippen MR) is 113 cm³/mol. The van der Waals surface area contributed by atoms with Gasteiger partial charge in [0.15, 0.2) is 5.11 Å². The summed E-state index contributed by atoms with van der Waals surface area (Å²) >= 11 is 8.55. The maximum Gasteiger partial charge on any atom is 0.339 e. The molecule has 0 radical (unpaired) electrons. The molecule has 0 spiro atoms. The number of anilines is 1. The molecular formula is C19H19BrN2O5S. The minimum atomic E-state index is -0.509. The summed E-state index contributed by atoms with van der Waals surface area (Å²) in [6.45, 7) is 0.857. The van der Waals surface area contributed by atoms with Gasteiger partial charge in [0.2, 0.25) is 0 Å². The molecule has 0 aliphatic carbocycles. The van der Waals surface area contributed by atoms with E-state index >= 15 is 0 Å². The average molecular weight is 467 g/mol. The highest BCUT2D eigenvalue weighted by Gasteiger charge is 2.14. The monoisotopic (exact) mass is 466 g/mol. The Bertz CT molecular complexity index is 875. The Morgan fingerprint density at radius 3 is 2.54 bits per heavy atom. The summed E-state index contributed by atoms with van der Waals surface area (Å²) in [4.78, 5) is 24.2. The minimum absolute atomic E-state index is 0.0536. The van der Waals surface area contributed by atoms with Crippen LogP contribution >= 0.6 is 28.1 Å². The Morgan fingerprint density at radius 2 is 1.86 bits per heavy atom. The number of para-hydroxylation sites is 1. The maximum atomic E-state index is 12.4. The molecule has 0 heterocycles. The highest BCUT2D eigenvalue weighted by Crippen LogP contribution is 2.26. The van der Waals surface area contributed by atoms with Crippen LogP contribution in [0.3, 0.4) is 0 Å². The van der Waals surface area contributed by atoms with Crippen LogP contribution in [0.25, 0.3) is 0 Å². The fourth-order valence-electron chi connectivity index (χ4n) is 2.20. The lowest BCUT2D eigenvalue weighted by Gasteiger charge is -2.13. The second-order valence-electron chi connectivity index (χ2n) is 5.43.